The van der Waals surface area contributed by atoms with Crippen LogP contribution in [-0.2, 0) is 13.5 Å². The second kappa shape index (κ2) is 4.61. The average molecular weight is 279 g/mol. The van der Waals surface area contributed by atoms with Crippen molar-refractivity contribution in [1.29, 1.82) is 0 Å². The molecule has 0 radical (unpaired) electrons. The normalized spacial score (nSPS) is 10.4. The van der Waals surface area contributed by atoms with E-state index in [1.807, 2.05) is 24.3 Å². The summed E-state index contributed by atoms with van der Waals surface area (Å²) in [6, 6.07) is 7.55. The van der Waals surface area contributed by atoms with Gasteiger partial charge in [0.2, 0.25) is 0 Å². The van der Waals surface area contributed by atoms with Gasteiger partial charge in [0.25, 0.3) is 5.56 Å². The number of aromatic nitrogens is 2. The molecule has 82 valence electrons. The maximum absolute atomic E-state index is 11.8. The van der Waals surface area contributed by atoms with Gasteiger partial charge in [0, 0.05) is 41.6 Å². The minimum atomic E-state index is 0.0221. The smallest absolute Gasteiger partial charge is 0.253 e. The van der Waals surface area contributed by atoms with E-state index in [1.165, 1.54) is 0 Å². The number of nitrogens with zero attached hydrogens (tertiary/aromatic N) is 2. The van der Waals surface area contributed by atoms with Gasteiger partial charge in [-0.15, -0.1) is 0 Å². The highest BCUT2D eigenvalue weighted by atomic mass is 79.9. The molecule has 2 aromatic heterocycles. The molecule has 0 N–H and O–H groups in total. The number of halogens is 1. The zero-order valence-electron chi connectivity index (χ0n) is 8.85. The number of rotatable bonds is 2. The van der Waals surface area contributed by atoms with Crippen LogP contribution in [0.15, 0.2) is 45.9 Å². The Balaban J connectivity index is 2.39. The molecule has 0 spiro atoms. The molecular weight excluding hydrogens is 268 g/mol. The van der Waals surface area contributed by atoms with Crippen molar-refractivity contribution >= 4 is 15.9 Å². The van der Waals surface area contributed by atoms with E-state index in [1.54, 1.807) is 24.0 Å². The first-order valence-electron chi connectivity index (χ1n) is 4.92. The Bertz CT molecular complexity index is 549. The van der Waals surface area contributed by atoms with Crippen LogP contribution >= 0.6 is 15.9 Å². The number of pyridine rings is 2. The van der Waals surface area contributed by atoms with Crippen molar-refractivity contribution in [1.82, 2.24) is 9.55 Å². The first-order valence-corrected chi connectivity index (χ1v) is 5.71. The van der Waals surface area contributed by atoms with E-state index < -0.39 is 0 Å². The summed E-state index contributed by atoms with van der Waals surface area (Å²) in [6.07, 6.45) is 4.05. The molecule has 2 heterocycles. The summed E-state index contributed by atoms with van der Waals surface area (Å²) in [7, 11) is 1.75. The van der Waals surface area contributed by atoms with Crippen LogP contribution in [0.4, 0.5) is 0 Å². The highest BCUT2D eigenvalue weighted by Gasteiger charge is 2.05. The standard InChI is InChI=1S/C12H11BrN2O/c1-15-8-10(13)6-9(12(15)16)7-11-4-2-3-5-14-11/h2-6,8H,7H2,1H3. The number of aryl methyl sites for hydroxylation is 1. The highest BCUT2D eigenvalue weighted by Crippen LogP contribution is 2.10. The molecule has 16 heavy (non-hydrogen) atoms. The largest absolute Gasteiger partial charge is 0.317 e. The van der Waals surface area contributed by atoms with Crippen molar-refractivity contribution in [2.45, 2.75) is 6.42 Å². The maximum atomic E-state index is 11.8. The quantitative estimate of drug-likeness (QED) is 0.844. The average Bonchev–Trinajstić information content (AvgIpc) is 2.27. The molecule has 0 unspecified atom stereocenters. The summed E-state index contributed by atoms with van der Waals surface area (Å²) in [5, 5.41) is 0. The molecule has 0 bridgehead atoms. The second-order valence-corrected chi connectivity index (χ2v) is 4.51. The fraction of sp³-hybridized carbons (Fsp3) is 0.167. The Morgan fingerprint density at radius 2 is 2.25 bits per heavy atom. The molecule has 0 atom stereocenters. The Labute approximate surface area is 102 Å². The Hall–Kier alpha value is -1.42. The lowest BCUT2D eigenvalue weighted by Gasteiger charge is -2.04. The third-order valence-corrected chi connectivity index (χ3v) is 2.76. The molecule has 0 aliphatic rings. The third kappa shape index (κ3) is 2.39. The van der Waals surface area contributed by atoms with Gasteiger partial charge in [0.15, 0.2) is 0 Å². The van der Waals surface area contributed by atoms with Crippen molar-refractivity contribution in [2.75, 3.05) is 0 Å². The molecule has 0 amide bonds. The van der Waals surface area contributed by atoms with Crippen molar-refractivity contribution in [2.24, 2.45) is 7.05 Å². The summed E-state index contributed by atoms with van der Waals surface area (Å²) >= 11 is 3.38. The summed E-state index contributed by atoms with van der Waals surface area (Å²) in [4.78, 5) is 16.1. The highest BCUT2D eigenvalue weighted by molar-refractivity contribution is 9.10. The zero-order chi connectivity index (χ0) is 11.5. The van der Waals surface area contributed by atoms with Gasteiger partial charge in [-0.05, 0) is 34.1 Å². The van der Waals surface area contributed by atoms with E-state index >= 15 is 0 Å². The molecule has 0 aromatic carbocycles. The predicted molar refractivity (Wildman–Crippen MR) is 66.4 cm³/mol. The van der Waals surface area contributed by atoms with Crippen LogP contribution in [0.25, 0.3) is 0 Å². The molecule has 0 aliphatic heterocycles. The Kier molecular flexibility index (Phi) is 3.19. The summed E-state index contributed by atoms with van der Waals surface area (Å²) in [6.45, 7) is 0. The zero-order valence-corrected chi connectivity index (χ0v) is 10.4. The minimum Gasteiger partial charge on any atom is -0.317 e. The van der Waals surface area contributed by atoms with E-state index in [-0.39, 0.29) is 5.56 Å². The van der Waals surface area contributed by atoms with Gasteiger partial charge in [0.1, 0.15) is 0 Å². The van der Waals surface area contributed by atoms with Crippen molar-refractivity contribution in [3.8, 4) is 0 Å². The number of hydrogen-bond donors (Lipinski definition) is 0. The van der Waals surface area contributed by atoms with Gasteiger partial charge < -0.3 is 4.57 Å². The molecule has 0 saturated carbocycles. The lowest BCUT2D eigenvalue weighted by atomic mass is 10.1. The first-order chi connectivity index (χ1) is 7.66. The van der Waals surface area contributed by atoms with E-state index in [0.29, 0.717) is 6.42 Å². The monoisotopic (exact) mass is 278 g/mol. The second-order valence-electron chi connectivity index (χ2n) is 3.60. The van der Waals surface area contributed by atoms with Gasteiger partial charge in [-0.1, -0.05) is 6.07 Å². The summed E-state index contributed by atoms with van der Waals surface area (Å²) in [5.41, 5.74) is 1.67. The fourth-order valence-corrected chi connectivity index (χ4v) is 2.14. The van der Waals surface area contributed by atoms with Crippen molar-refractivity contribution in [3.63, 3.8) is 0 Å². The van der Waals surface area contributed by atoms with E-state index in [9.17, 15) is 4.79 Å². The Morgan fingerprint density at radius 3 is 2.94 bits per heavy atom. The van der Waals surface area contributed by atoms with Crippen molar-refractivity contribution in [3.05, 3.63) is 62.7 Å². The fourth-order valence-electron chi connectivity index (χ4n) is 1.56. The van der Waals surface area contributed by atoms with Gasteiger partial charge >= 0.3 is 0 Å². The summed E-state index contributed by atoms with van der Waals surface area (Å²) in [5.74, 6) is 0. The SMILES string of the molecule is Cn1cc(Br)cc(Cc2ccccn2)c1=O. The predicted octanol–water partition coefficient (Wildman–Crippen LogP) is 2.13. The molecule has 0 fully saturated rings. The molecule has 4 heteroatoms. The van der Waals surface area contributed by atoms with E-state index in [2.05, 4.69) is 20.9 Å². The molecule has 0 aliphatic carbocycles. The third-order valence-electron chi connectivity index (χ3n) is 2.32. The maximum Gasteiger partial charge on any atom is 0.253 e. The van der Waals surface area contributed by atoms with E-state index in [0.717, 1.165) is 15.7 Å². The topological polar surface area (TPSA) is 34.9 Å². The number of hydrogen-bond acceptors (Lipinski definition) is 2. The lowest BCUT2D eigenvalue weighted by molar-refractivity contribution is 0.831. The minimum absolute atomic E-state index is 0.0221. The first kappa shape index (κ1) is 11.1. The van der Waals surface area contributed by atoms with Crippen molar-refractivity contribution < 1.29 is 0 Å². The molecule has 3 nitrogen and oxygen atoms in total. The van der Waals surface area contributed by atoms with Crippen LogP contribution in [0.5, 0.6) is 0 Å². The lowest BCUT2D eigenvalue weighted by Crippen LogP contribution is -2.20. The molecule has 2 aromatic rings. The molecule has 0 saturated heterocycles. The van der Waals surface area contributed by atoms with Gasteiger partial charge in [-0.25, -0.2) is 0 Å². The van der Waals surface area contributed by atoms with Crippen LogP contribution in [0.2, 0.25) is 0 Å². The van der Waals surface area contributed by atoms with Gasteiger partial charge in [0.05, 0.1) is 0 Å². The van der Waals surface area contributed by atoms with Crippen LogP contribution in [0.1, 0.15) is 11.3 Å². The molecule has 2 rings (SSSR count). The van der Waals surface area contributed by atoms with E-state index in [4.69, 9.17) is 0 Å². The van der Waals surface area contributed by atoms with Gasteiger partial charge in [-0.3, -0.25) is 9.78 Å². The van der Waals surface area contributed by atoms with Crippen LogP contribution in [0, 0.1) is 0 Å². The molecular formula is C12H11BrN2O. The van der Waals surface area contributed by atoms with Crippen LogP contribution in [-0.4, -0.2) is 9.55 Å². The Morgan fingerprint density at radius 1 is 1.44 bits per heavy atom. The summed E-state index contributed by atoms with van der Waals surface area (Å²) < 4.78 is 2.48. The van der Waals surface area contributed by atoms with Crippen LogP contribution in [0.3, 0.4) is 0 Å². The van der Waals surface area contributed by atoms with Gasteiger partial charge in [-0.2, -0.15) is 0 Å². The van der Waals surface area contributed by atoms with Crippen LogP contribution < -0.4 is 5.56 Å².